The van der Waals surface area contributed by atoms with Crippen molar-refractivity contribution in [3.8, 4) is 11.5 Å². The Labute approximate surface area is 106 Å². The molecule has 1 aliphatic heterocycles. The fourth-order valence-electron chi connectivity index (χ4n) is 1.63. The number of ether oxygens (including phenoxy) is 2. The fraction of sp³-hybridized carbons (Fsp3) is 0.333. The molecule has 11 heteroatoms. The second-order valence-corrected chi connectivity index (χ2v) is 3.53. The highest BCUT2D eigenvalue weighted by molar-refractivity contribution is 5.74. The van der Waals surface area contributed by atoms with Crippen LogP contribution >= 0.6 is 0 Å². The topological polar surface area (TPSA) is 51.1 Å². The third-order valence-corrected chi connectivity index (χ3v) is 2.32. The predicted molar refractivity (Wildman–Crippen MR) is 52.6 cm³/mol. The zero-order chi connectivity index (χ0) is 15.1. The Hall–Kier alpha value is -2.20. The van der Waals surface area contributed by atoms with Gasteiger partial charge in [-0.2, -0.15) is 4.90 Å². The number of rotatable bonds is 2. The number of hydrogen-bond acceptors (Lipinski definition) is 5. The van der Waals surface area contributed by atoms with Crippen molar-refractivity contribution in [3.63, 3.8) is 0 Å². The number of nitroso groups, excluding NO2 is 1. The summed E-state index contributed by atoms with van der Waals surface area (Å²) in [5.41, 5.74) is -1.78. The molecule has 5 nitrogen and oxygen atoms in total. The Morgan fingerprint density at radius 1 is 1.00 bits per heavy atom. The van der Waals surface area contributed by atoms with Gasteiger partial charge in [0, 0.05) is 0 Å². The molecule has 0 saturated heterocycles. The lowest BCUT2D eigenvalue weighted by Crippen LogP contribution is -2.48. The standard InChI is InChI=1S/C9H4F6N2O3/c10-8(11,12)17(9(13,14)15)5-2-1-4(16-18)6-7(5)20-3-19-6/h1-2H,3H2. The zero-order valence-electron chi connectivity index (χ0n) is 9.25. The lowest BCUT2D eigenvalue weighted by molar-refractivity contribution is -0.227. The molecule has 110 valence electrons. The predicted octanol–water partition coefficient (Wildman–Crippen LogP) is 3.66. The van der Waals surface area contributed by atoms with Gasteiger partial charge in [-0.25, -0.2) is 0 Å². The summed E-state index contributed by atoms with van der Waals surface area (Å²) >= 11 is 0. The molecule has 2 rings (SSSR count). The van der Waals surface area contributed by atoms with Crippen LogP contribution in [0.2, 0.25) is 0 Å². The van der Waals surface area contributed by atoms with E-state index in [0.717, 1.165) is 0 Å². The Morgan fingerprint density at radius 2 is 1.55 bits per heavy atom. The van der Waals surface area contributed by atoms with Crippen molar-refractivity contribution in [3.05, 3.63) is 17.0 Å². The van der Waals surface area contributed by atoms with Gasteiger partial charge in [-0.3, -0.25) is 0 Å². The van der Waals surface area contributed by atoms with Crippen molar-refractivity contribution >= 4 is 11.4 Å². The lowest BCUT2D eigenvalue weighted by Gasteiger charge is -2.29. The smallest absolute Gasteiger partial charge is 0.451 e. The van der Waals surface area contributed by atoms with E-state index >= 15 is 0 Å². The third kappa shape index (κ3) is 2.30. The van der Waals surface area contributed by atoms with Gasteiger partial charge in [0.2, 0.25) is 6.79 Å². The van der Waals surface area contributed by atoms with Crippen LogP contribution in [0.5, 0.6) is 11.5 Å². The summed E-state index contributed by atoms with van der Waals surface area (Å²) in [6.45, 7) is -0.613. The van der Waals surface area contributed by atoms with E-state index in [1.54, 1.807) is 0 Å². The molecule has 0 spiro atoms. The van der Waals surface area contributed by atoms with Gasteiger partial charge < -0.3 is 9.47 Å². The van der Waals surface area contributed by atoms with E-state index in [1.165, 1.54) is 0 Å². The van der Waals surface area contributed by atoms with Crippen molar-refractivity contribution in [2.24, 2.45) is 5.18 Å². The molecule has 0 saturated carbocycles. The number of fused-ring (bicyclic) bond motifs is 1. The first-order chi connectivity index (χ1) is 9.16. The lowest BCUT2D eigenvalue weighted by atomic mass is 10.2. The first-order valence-electron chi connectivity index (χ1n) is 4.86. The summed E-state index contributed by atoms with van der Waals surface area (Å²) in [4.78, 5) is 8.66. The molecule has 0 amide bonds. The van der Waals surface area contributed by atoms with E-state index in [0.29, 0.717) is 12.1 Å². The molecule has 1 heterocycles. The molecule has 1 aromatic carbocycles. The molecule has 0 N–H and O–H groups in total. The SMILES string of the molecule is O=Nc1ccc(N(C(F)(F)F)C(F)(F)F)c2c1OCO2. The average molecular weight is 302 g/mol. The molecule has 0 unspecified atom stereocenters. The molecule has 20 heavy (non-hydrogen) atoms. The highest BCUT2D eigenvalue weighted by Crippen LogP contribution is 2.51. The van der Waals surface area contributed by atoms with Gasteiger partial charge >= 0.3 is 12.6 Å². The van der Waals surface area contributed by atoms with Crippen LogP contribution in [0.1, 0.15) is 0 Å². The maximum atomic E-state index is 12.6. The van der Waals surface area contributed by atoms with Gasteiger partial charge in [-0.05, 0) is 17.3 Å². The highest BCUT2D eigenvalue weighted by Gasteiger charge is 2.55. The van der Waals surface area contributed by atoms with Crippen LogP contribution in [0.3, 0.4) is 0 Å². The van der Waals surface area contributed by atoms with Crippen molar-refractivity contribution < 1.29 is 35.8 Å². The number of nitrogens with zero attached hydrogens (tertiary/aromatic N) is 2. The monoisotopic (exact) mass is 302 g/mol. The number of anilines is 1. The molecule has 1 aromatic rings. The van der Waals surface area contributed by atoms with Gasteiger partial charge in [-0.1, -0.05) is 0 Å². The molecular formula is C9H4F6N2O3. The summed E-state index contributed by atoms with van der Waals surface area (Å²) in [6.07, 6.45) is -11.5. The van der Waals surface area contributed by atoms with Gasteiger partial charge in [0.15, 0.2) is 17.2 Å². The summed E-state index contributed by atoms with van der Waals surface area (Å²) in [5, 5.41) is 2.43. The van der Waals surface area contributed by atoms with Crippen molar-refractivity contribution in [1.29, 1.82) is 0 Å². The van der Waals surface area contributed by atoms with Crippen LogP contribution in [0.15, 0.2) is 17.3 Å². The van der Waals surface area contributed by atoms with Crippen molar-refractivity contribution in [2.45, 2.75) is 12.6 Å². The maximum Gasteiger partial charge on any atom is 0.491 e. The molecule has 0 bridgehead atoms. The van der Waals surface area contributed by atoms with E-state index in [-0.39, 0.29) is 0 Å². The maximum absolute atomic E-state index is 12.6. The van der Waals surface area contributed by atoms with Gasteiger partial charge in [0.25, 0.3) is 0 Å². The van der Waals surface area contributed by atoms with Crippen molar-refractivity contribution in [1.82, 2.24) is 0 Å². The largest absolute Gasteiger partial charge is 0.491 e. The number of hydrogen-bond donors (Lipinski definition) is 0. The van der Waals surface area contributed by atoms with E-state index < -0.39 is 47.2 Å². The Kier molecular flexibility index (Phi) is 3.14. The van der Waals surface area contributed by atoms with Gasteiger partial charge in [0.1, 0.15) is 0 Å². The molecule has 1 aliphatic rings. The van der Waals surface area contributed by atoms with Crippen LogP contribution in [0.4, 0.5) is 37.7 Å². The summed E-state index contributed by atoms with van der Waals surface area (Å²) in [7, 11) is 0. The van der Waals surface area contributed by atoms with Crippen molar-refractivity contribution in [2.75, 3.05) is 11.7 Å². The molecule has 0 aliphatic carbocycles. The molecule has 0 atom stereocenters. The molecule has 0 radical (unpaired) electrons. The highest BCUT2D eigenvalue weighted by atomic mass is 19.4. The van der Waals surface area contributed by atoms with E-state index in [9.17, 15) is 31.2 Å². The van der Waals surface area contributed by atoms with Crippen LogP contribution in [-0.2, 0) is 0 Å². The minimum absolute atomic E-state index is 0.436. The van der Waals surface area contributed by atoms with Gasteiger partial charge in [-0.15, -0.1) is 31.2 Å². The van der Waals surface area contributed by atoms with Crippen LogP contribution in [0.25, 0.3) is 0 Å². The van der Waals surface area contributed by atoms with Crippen LogP contribution in [-0.4, -0.2) is 19.4 Å². The summed E-state index contributed by atoms with van der Waals surface area (Å²) in [5.74, 6) is -1.40. The number of benzene rings is 1. The minimum Gasteiger partial charge on any atom is -0.451 e. The van der Waals surface area contributed by atoms with Crippen LogP contribution in [0, 0.1) is 4.91 Å². The van der Waals surface area contributed by atoms with E-state index in [1.807, 2.05) is 0 Å². The normalized spacial score (nSPS) is 14.3. The number of halogens is 6. The second kappa shape index (κ2) is 4.42. The summed E-state index contributed by atoms with van der Waals surface area (Å²) < 4.78 is 84.7. The zero-order valence-corrected chi connectivity index (χ0v) is 9.25. The molecule has 0 fully saturated rings. The second-order valence-electron chi connectivity index (χ2n) is 3.53. The average Bonchev–Trinajstić information content (AvgIpc) is 2.74. The first-order valence-corrected chi connectivity index (χ1v) is 4.86. The molecule has 0 aromatic heterocycles. The first kappa shape index (κ1) is 14.2. The Bertz CT molecular complexity index is 528. The summed E-state index contributed by atoms with van der Waals surface area (Å²) in [6, 6.07) is 1.12. The third-order valence-electron chi connectivity index (χ3n) is 2.32. The fourth-order valence-corrected chi connectivity index (χ4v) is 1.63. The Balaban J connectivity index is 2.62. The minimum atomic E-state index is -5.73. The number of alkyl halides is 6. The van der Waals surface area contributed by atoms with E-state index in [2.05, 4.69) is 14.7 Å². The Morgan fingerprint density at radius 3 is 2.05 bits per heavy atom. The quantitative estimate of drug-likeness (QED) is 0.475. The van der Waals surface area contributed by atoms with Crippen LogP contribution < -0.4 is 14.4 Å². The van der Waals surface area contributed by atoms with Gasteiger partial charge in [0.05, 0.1) is 5.69 Å². The van der Waals surface area contributed by atoms with E-state index in [4.69, 9.17) is 0 Å². The molecular weight excluding hydrogens is 298 g/mol.